The van der Waals surface area contributed by atoms with Crippen molar-refractivity contribution in [3.05, 3.63) is 29.8 Å². The van der Waals surface area contributed by atoms with E-state index in [-0.39, 0.29) is 30.7 Å². The van der Waals surface area contributed by atoms with Crippen LogP contribution in [0.2, 0.25) is 0 Å². The van der Waals surface area contributed by atoms with Crippen molar-refractivity contribution in [1.82, 2.24) is 0 Å². The summed E-state index contributed by atoms with van der Waals surface area (Å²) in [5, 5.41) is 0. The summed E-state index contributed by atoms with van der Waals surface area (Å²) in [6, 6.07) is 7.77. The quantitative estimate of drug-likeness (QED) is 0.618. The largest absolute Gasteiger partial charge is 0.494 e. The Bertz CT molecular complexity index is 553. The van der Waals surface area contributed by atoms with Gasteiger partial charge in [0.15, 0.2) is 0 Å². The van der Waals surface area contributed by atoms with Crippen LogP contribution in [0.4, 0.5) is 0 Å². The van der Waals surface area contributed by atoms with Gasteiger partial charge in [0.2, 0.25) is 0 Å². The molecule has 1 aromatic rings. The van der Waals surface area contributed by atoms with Gasteiger partial charge in [-0.2, -0.15) is 0 Å². The lowest BCUT2D eigenvalue weighted by atomic mass is 9.78. The predicted molar refractivity (Wildman–Crippen MR) is 91.7 cm³/mol. The molecule has 0 N–H and O–H groups in total. The average Bonchev–Trinajstić information content (AvgIpc) is 2.71. The lowest BCUT2D eigenvalue weighted by Crippen LogP contribution is -2.48. The second-order valence-electron chi connectivity index (χ2n) is 7.06. The number of ether oxygens (including phenoxy) is 1. The molecule has 1 aromatic carbocycles. The summed E-state index contributed by atoms with van der Waals surface area (Å²) < 4.78 is 17.4. The van der Waals surface area contributed by atoms with Crippen LogP contribution in [0, 0.1) is 5.92 Å². The standard InChI is InChI=1S/C18H27BO4/c1-7-21-16(20)12-14-8-10-15(11-9-14)19-22-17(4,5)18(6,23-19)13(2)3/h8-11,13H,7,12H2,1-6H3. The molecule has 4 nitrogen and oxygen atoms in total. The maximum atomic E-state index is 11.5. The number of benzene rings is 1. The lowest BCUT2D eigenvalue weighted by Gasteiger charge is -2.39. The summed E-state index contributed by atoms with van der Waals surface area (Å²) in [6.07, 6.45) is 0.287. The van der Waals surface area contributed by atoms with Crippen LogP contribution in [-0.2, 0) is 25.3 Å². The van der Waals surface area contributed by atoms with E-state index in [1.54, 1.807) is 0 Å². The van der Waals surface area contributed by atoms with Crippen molar-refractivity contribution in [1.29, 1.82) is 0 Å². The fourth-order valence-electron chi connectivity index (χ4n) is 2.91. The molecule has 126 valence electrons. The fourth-order valence-corrected chi connectivity index (χ4v) is 2.91. The normalized spacial score (nSPS) is 23.3. The molecule has 2 rings (SSSR count). The van der Waals surface area contributed by atoms with E-state index in [0.29, 0.717) is 12.5 Å². The van der Waals surface area contributed by atoms with Gasteiger partial charge in [-0.3, -0.25) is 4.79 Å². The van der Waals surface area contributed by atoms with Crippen LogP contribution < -0.4 is 5.46 Å². The van der Waals surface area contributed by atoms with Crippen LogP contribution >= 0.6 is 0 Å². The van der Waals surface area contributed by atoms with E-state index in [4.69, 9.17) is 14.0 Å². The molecule has 1 aliphatic heterocycles. The number of esters is 1. The number of hydrogen-bond donors (Lipinski definition) is 0. The van der Waals surface area contributed by atoms with E-state index < -0.39 is 0 Å². The molecule has 0 aliphatic carbocycles. The molecule has 5 heteroatoms. The Kier molecular flexibility index (Phi) is 5.22. The minimum absolute atomic E-state index is 0.206. The van der Waals surface area contributed by atoms with Crippen molar-refractivity contribution in [2.24, 2.45) is 5.92 Å². The van der Waals surface area contributed by atoms with Gasteiger partial charge < -0.3 is 14.0 Å². The third kappa shape index (κ3) is 3.61. The van der Waals surface area contributed by atoms with Crippen LogP contribution in [-0.4, -0.2) is 30.9 Å². The van der Waals surface area contributed by atoms with Gasteiger partial charge in [-0.1, -0.05) is 38.1 Å². The molecule has 0 spiro atoms. The number of carbonyl (C=O) groups is 1. The van der Waals surface area contributed by atoms with E-state index in [0.717, 1.165) is 11.0 Å². The smallest absolute Gasteiger partial charge is 0.466 e. The van der Waals surface area contributed by atoms with Gasteiger partial charge in [0.25, 0.3) is 0 Å². The van der Waals surface area contributed by atoms with Crippen LogP contribution in [0.1, 0.15) is 47.1 Å². The van der Waals surface area contributed by atoms with Gasteiger partial charge in [-0.25, -0.2) is 0 Å². The Morgan fingerprint density at radius 2 is 1.78 bits per heavy atom. The van der Waals surface area contributed by atoms with Crippen molar-refractivity contribution in [2.75, 3.05) is 6.61 Å². The molecule has 0 bridgehead atoms. The average molecular weight is 318 g/mol. The number of rotatable bonds is 5. The topological polar surface area (TPSA) is 44.8 Å². The summed E-state index contributed by atoms with van der Waals surface area (Å²) in [5.74, 6) is 0.132. The highest BCUT2D eigenvalue weighted by Gasteiger charge is 2.55. The zero-order valence-corrected chi connectivity index (χ0v) is 15.0. The fraction of sp³-hybridized carbons (Fsp3) is 0.611. The van der Waals surface area contributed by atoms with Crippen molar-refractivity contribution in [3.63, 3.8) is 0 Å². The highest BCUT2D eigenvalue weighted by Crippen LogP contribution is 2.42. The molecule has 23 heavy (non-hydrogen) atoms. The van der Waals surface area contributed by atoms with E-state index in [9.17, 15) is 4.79 Å². The molecule has 1 unspecified atom stereocenters. The molecule has 1 saturated heterocycles. The summed E-state index contributed by atoms with van der Waals surface area (Å²) >= 11 is 0. The first-order chi connectivity index (χ1) is 10.7. The third-order valence-corrected chi connectivity index (χ3v) is 4.96. The Balaban J connectivity index is 2.10. The Hall–Kier alpha value is -1.33. The second-order valence-corrected chi connectivity index (χ2v) is 7.06. The van der Waals surface area contributed by atoms with Crippen molar-refractivity contribution in [2.45, 2.75) is 59.2 Å². The molecule has 1 heterocycles. The monoisotopic (exact) mass is 318 g/mol. The maximum absolute atomic E-state index is 11.5. The maximum Gasteiger partial charge on any atom is 0.494 e. The first-order valence-electron chi connectivity index (χ1n) is 8.29. The van der Waals surface area contributed by atoms with E-state index in [1.807, 2.05) is 31.2 Å². The van der Waals surface area contributed by atoms with Crippen LogP contribution in [0.25, 0.3) is 0 Å². The molecule has 1 atom stereocenters. The molecule has 1 fully saturated rings. The summed E-state index contributed by atoms with van der Waals surface area (Å²) in [5.41, 5.74) is 1.18. The molecule has 0 saturated carbocycles. The van der Waals surface area contributed by atoms with Gasteiger partial charge in [-0.15, -0.1) is 0 Å². The highest BCUT2D eigenvalue weighted by atomic mass is 16.7. The van der Waals surface area contributed by atoms with Crippen LogP contribution in [0.15, 0.2) is 24.3 Å². The molecule has 0 amide bonds. The van der Waals surface area contributed by atoms with Crippen molar-refractivity contribution in [3.8, 4) is 0 Å². The summed E-state index contributed by atoms with van der Waals surface area (Å²) in [4.78, 5) is 11.5. The molecule has 0 radical (unpaired) electrons. The zero-order chi connectivity index (χ0) is 17.3. The van der Waals surface area contributed by atoms with Gasteiger partial charge in [0.1, 0.15) is 0 Å². The number of hydrogen-bond acceptors (Lipinski definition) is 4. The Morgan fingerprint density at radius 3 is 2.26 bits per heavy atom. The summed E-state index contributed by atoms with van der Waals surface area (Å²) in [7, 11) is -0.381. The van der Waals surface area contributed by atoms with E-state index in [2.05, 4.69) is 34.6 Å². The zero-order valence-electron chi connectivity index (χ0n) is 15.0. The Labute approximate surface area is 139 Å². The minimum Gasteiger partial charge on any atom is -0.466 e. The van der Waals surface area contributed by atoms with Crippen molar-refractivity contribution < 1.29 is 18.8 Å². The lowest BCUT2D eigenvalue weighted by molar-refractivity contribution is -0.142. The van der Waals surface area contributed by atoms with Crippen LogP contribution in [0.3, 0.4) is 0 Å². The van der Waals surface area contributed by atoms with Crippen LogP contribution in [0.5, 0.6) is 0 Å². The molecule has 0 aromatic heterocycles. The molecular weight excluding hydrogens is 291 g/mol. The Morgan fingerprint density at radius 1 is 1.17 bits per heavy atom. The van der Waals surface area contributed by atoms with E-state index in [1.165, 1.54) is 0 Å². The summed E-state index contributed by atoms with van der Waals surface area (Å²) in [6.45, 7) is 12.8. The predicted octanol–water partition coefficient (Wildman–Crippen LogP) is 2.73. The first-order valence-corrected chi connectivity index (χ1v) is 8.29. The van der Waals surface area contributed by atoms with Gasteiger partial charge in [-0.05, 0) is 44.6 Å². The molecular formula is C18H27BO4. The molecule has 1 aliphatic rings. The van der Waals surface area contributed by atoms with Gasteiger partial charge in [0, 0.05) is 0 Å². The van der Waals surface area contributed by atoms with Gasteiger partial charge >= 0.3 is 13.1 Å². The first kappa shape index (κ1) is 18.0. The van der Waals surface area contributed by atoms with Gasteiger partial charge in [0.05, 0.1) is 24.2 Å². The second kappa shape index (κ2) is 6.66. The van der Waals surface area contributed by atoms with E-state index >= 15 is 0 Å². The SMILES string of the molecule is CCOC(=O)Cc1ccc(B2OC(C)(C)C(C)(C(C)C)O2)cc1. The van der Waals surface area contributed by atoms with Crippen molar-refractivity contribution >= 4 is 18.6 Å². The highest BCUT2D eigenvalue weighted by molar-refractivity contribution is 6.62. The number of carbonyl (C=O) groups excluding carboxylic acids is 1. The third-order valence-electron chi connectivity index (χ3n) is 4.96. The minimum atomic E-state index is -0.381.